The summed E-state index contributed by atoms with van der Waals surface area (Å²) in [6, 6.07) is 14.9. The van der Waals surface area contributed by atoms with Crippen molar-refractivity contribution < 1.29 is 21.7 Å². The molecule has 0 aromatic heterocycles. The Labute approximate surface area is 173 Å². The summed E-state index contributed by atoms with van der Waals surface area (Å²) in [7, 11) is -5.29. The molecule has 9 heteroatoms. The number of benzene rings is 2. The van der Waals surface area contributed by atoms with Gasteiger partial charge >= 0.3 is 0 Å². The van der Waals surface area contributed by atoms with Crippen LogP contribution < -0.4 is 4.90 Å². The van der Waals surface area contributed by atoms with Crippen LogP contribution in [0.4, 0.5) is 0 Å². The van der Waals surface area contributed by atoms with Crippen LogP contribution in [0.1, 0.15) is 12.5 Å². The molecule has 1 aliphatic rings. The first-order valence-electron chi connectivity index (χ1n) is 9.70. The van der Waals surface area contributed by atoms with Crippen LogP contribution in [-0.2, 0) is 26.6 Å². The molecule has 2 aromatic rings. The minimum Gasteiger partial charge on any atom is -0.335 e. The van der Waals surface area contributed by atoms with E-state index in [2.05, 4.69) is 0 Å². The molecule has 0 bridgehead atoms. The number of hydrogen-bond donors (Lipinski definition) is 1. The Morgan fingerprint density at radius 3 is 2.00 bits per heavy atom. The predicted octanol–water partition coefficient (Wildman–Crippen LogP) is 0.416. The lowest BCUT2D eigenvalue weighted by Gasteiger charge is -2.29. The average molecular weight is 439 g/mol. The molecule has 1 saturated heterocycles. The lowest BCUT2D eigenvalue weighted by Crippen LogP contribution is -3.12. The zero-order valence-corrected chi connectivity index (χ0v) is 18.4. The fourth-order valence-electron chi connectivity index (χ4n) is 3.34. The molecular weight excluding hydrogens is 410 g/mol. The van der Waals surface area contributed by atoms with E-state index in [1.165, 1.54) is 37.8 Å². The minimum absolute atomic E-state index is 0.0945. The molecule has 0 spiro atoms. The van der Waals surface area contributed by atoms with Crippen molar-refractivity contribution in [3.8, 4) is 0 Å². The van der Waals surface area contributed by atoms with Crippen LogP contribution in [0.25, 0.3) is 0 Å². The normalized spacial score (nSPS) is 16.9. The Balaban J connectivity index is 1.81. The number of nitrogens with one attached hydrogen (secondary N) is 1. The Hall–Kier alpha value is -1.78. The summed E-state index contributed by atoms with van der Waals surface area (Å²) in [5.74, 6) is 0. The largest absolute Gasteiger partial charge is 0.335 e. The Bertz CT molecular complexity index is 1020. The van der Waals surface area contributed by atoms with E-state index in [4.69, 9.17) is 0 Å². The molecule has 158 valence electrons. The third-order valence-electron chi connectivity index (χ3n) is 5.23. The number of quaternary nitrogens is 1. The number of sulfonamides is 2. The topological polar surface area (TPSA) is 79.2 Å². The maximum atomic E-state index is 13.0. The van der Waals surface area contributed by atoms with Crippen molar-refractivity contribution in [3.05, 3.63) is 60.2 Å². The standard InChI is InChI=1S/C20H27N3O4S2/c1-3-22(17-18-7-5-4-6-8-18)28(24,25)19-9-11-20(12-10-19)29(26,27)23-15-13-21(2)14-16-23/h4-12H,3,13-17H2,1-2H3/p+1. The maximum absolute atomic E-state index is 13.0. The second-order valence-electron chi connectivity index (χ2n) is 7.25. The molecule has 29 heavy (non-hydrogen) atoms. The van der Waals surface area contributed by atoms with Gasteiger partial charge in [0.2, 0.25) is 20.0 Å². The smallest absolute Gasteiger partial charge is 0.243 e. The quantitative estimate of drug-likeness (QED) is 0.680. The minimum atomic E-state index is -3.72. The van der Waals surface area contributed by atoms with Crippen LogP contribution in [-0.4, -0.2) is 65.2 Å². The van der Waals surface area contributed by atoms with E-state index in [0.717, 1.165) is 18.7 Å². The van der Waals surface area contributed by atoms with Gasteiger partial charge in [-0.15, -0.1) is 0 Å². The van der Waals surface area contributed by atoms with Gasteiger partial charge in [0.15, 0.2) is 0 Å². The highest BCUT2D eigenvalue weighted by molar-refractivity contribution is 7.89. The first-order valence-corrected chi connectivity index (χ1v) is 12.6. The van der Waals surface area contributed by atoms with Gasteiger partial charge < -0.3 is 4.90 Å². The van der Waals surface area contributed by atoms with Gasteiger partial charge in [-0.2, -0.15) is 8.61 Å². The molecule has 0 saturated carbocycles. The molecule has 0 atom stereocenters. The first-order chi connectivity index (χ1) is 13.7. The number of nitrogens with zero attached hydrogens (tertiary/aromatic N) is 2. The van der Waals surface area contributed by atoms with E-state index in [1.807, 2.05) is 37.4 Å². The van der Waals surface area contributed by atoms with Crippen LogP contribution in [0.2, 0.25) is 0 Å². The van der Waals surface area contributed by atoms with Crippen LogP contribution in [0.15, 0.2) is 64.4 Å². The predicted molar refractivity (Wildman–Crippen MR) is 112 cm³/mol. The third-order valence-corrected chi connectivity index (χ3v) is 9.08. The molecule has 0 amide bonds. The molecule has 0 aliphatic carbocycles. The van der Waals surface area contributed by atoms with Crippen molar-refractivity contribution >= 4 is 20.0 Å². The molecule has 7 nitrogen and oxygen atoms in total. The molecule has 3 rings (SSSR count). The third kappa shape index (κ3) is 4.87. The number of rotatable bonds is 7. The first kappa shape index (κ1) is 21.9. The summed E-state index contributed by atoms with van der Waals surface area (Å²) in [6.45, 7) is 4.83. The van der Waals surface area contributed by atoms with Gasteiger partial charge in [-0.3, -0.25) is 0 Å². The van der Waals surface area contributed by atoms with Crippen LogP contribution in [0.3, 0.4) is 0 Å². The fraction of sp³-hybridized carbons (Fsp3) is 0.400. The van der Waals surface area contributed by atoms with E-state index < -0.39 is 20.0 Å². The van der Waals surface area contributed by atoms with Crippen molar-refractivity contribution in [2.45, 2.75) is 23.3 Å². The Kier molecular flexibility index (Phi) is 6.75. The summed E-state index contributed by atoms with van der Waals surface area (Å²) in [6.07, 6.45) is 0. The Morgan fingerprint density at radius 2 is 1.45 bits per heavy atom. The second-order valence-corrected chi connectivity index (χ2v) is 11.1. The van der Waals surface area contributed by atoms with Crippen molar-refractivity contribution in [2.75, 3.05) is 39.8 Å². The zero-order chi connectivity index (χ0) is 21.1. The van der Waals surface area contributed by atoms with E-state index in [9.17, 15) is 16.8 Å². The summed E-state index contributed by atoms with van der Waals surface area (Å²) in [5.41, 5.74) is 0.898. The highest BCUT2D eigenvalue weighted by Crippen LogP contribution is 2.22. The van der Waals surface area contributed by atoms with E-state index in [1.54, 1.807) is 6.92 Å². The van der Waals surface area contributed by atoms with Gasteiger partial charge in [-0.05, 0) is 29.8 Å². The van der Waals surface area contributed by atoms with Gasteiger partial charge in [0.25, 0.3) is 0 Å². The molecule has 2 aromatic carbocycles. The van der Waals surface area contributed by atoms with E-state index >= 15 is 0 Å². The SMILES string of the molecule is CCN(Cc1ccccc1)S(=O)(=O)c1ccc(S(=O)(=O)N2CC[NH+](C)CC2)cc1. The molecule has 1 heterocycles. The fourth-order valence-corrected chi connectivity index (χ4v) is 6.22. The summed E-state index contributed by atoms with van der Waals surface area (Å²) < 4.78 is 54.6. The highest BCUT2D eigenvalue weighted by Gasteiger charge is 2.30. The maximum Gasteiger partial charge on any atom is 0.243 e. The van der Waals surface area contributed by atoms with Gasteiger partial charge in [0.1, 0.15) is 0 Å². The van der Waals surface area contributed by atoms with Gasteiger partial charge in [-0.25, -0.2) is 16.8 Å². The molecule has 1 fully saturated rings. The summed E-state index contributed by atoms with van der Waals surface area (Å²) >= 11 is 0. The Morgan fingerprint density at radius 1 is 0.897 bits per heavy atom. The van der Waals surface area contributed by atoms with Crippen molar-refractivity contribution in [3.63, 3.8) is 0 Å². The van der Waals surface area contributed by atoms with E-state index in [0.29, 0.717) is 19.6 Å². The zero-order valence-electron chi connectivity index (χ0n) is 16.8. The summed E-state index contributed by atoms with van der Waals surface area (Å²) in [4.78, 5) is 1.52. The number of hydrogen-bond acceptors (Lipinski definition) is 4. The van der Waals surface area contributed by atoms with Crippen LogP contribution >= 0.6 is 0 Å². The molecule has 1 N–H and O–H groups in total. The molecular formula is C20H28N3O4S2+. The van der Waals surface area contributed by atoms with Gasteiger partial charge in [0, 0.05) is 13.1 Å². The number of likely N-dealkylation sites (N-methyl/N-ethyl adjacent to an activating group) is 1. The number of piperazine rings is 1. The highest BCUT2D eigenvalue weighted by atomic mass is 32.2. The molecule has 0 radical (unpaired) electrons. The lowest BCUT2D eigenvalue weighted by molar-refractivity contribution is -0.883. The van der Waals surface area contributed by atoms with E-state index in [-0.39, 0.29) is 16.3 Å². The second kappa shape index (κ2) is 8.93. The average Bonchev–Trinajstić information content (AvgIpc) is 2.73. The molecule has 1 aliphatic heterocycles. The van der Waals surface area contributed by atoms with Crippen LogP contribution in [0, 0.1) is 0 Å². The van der Waals surface area contributed by atoms with Crippen molar-refractivity contribution in [2.24, 2.45) is 0 Å². The van der Waals surface area contributed by atoms with Gasteiger partial charge in [0.05, 0.1) is 43.0 Å². The monoisotopic (exact) mass is 438 g/mol. The van der Waals surface area contributed by atoms with Crippen molar-refractivity contribution in [1.29, 1.82) is 0 Å². The summed E-state index contributed by atoms with van der Waals surface area (Å²) in [5, 5.41) is 0. The van der Waals surface area contributed by atoms with Crippen molar-refractivity contribution in [1.82, 2.24) is 8.61 Å². The van der Waals surface area contributed by atoms with Crippen LogP contribution in [0.5, 0.6) is 0 Å². The molecule has 0 unspecified atom stereocenters. The lowest BCUT2D eigenvalue weighted by atomic mass is 10.2. The van der Waals surface area contributed by atoms with Gasteiger partial charge in [-0.1, -0.05) is 37.3 Å².